The molecule has 0 saturated carbocycles. The van der Waals surface area contributed by atoms with E-state index < -0.39 is 0 Å². The Bertz CT molecular complexity index is 949. The number of hydrogen-bond donors (Lipinski definition) is 3. The number of aromatic nitrogens is 2. The van der Waals surface area contributed by atoms with E-state index in [1.165, 1.54) is 12.1 Å². The van der Waals surface area contributed by atoms with Gasteiger partial charge >= 0.3 is 0 Å². The molecule has 0 aliphatic heterocycles. The van der Waals surface area contributed by atoms with Crippen LogP contribution in [0.5, 0.6) is 0 Å². The summed E-state index contributed by atoms with van der Waals surface area (Å²) in [6.45, 7) is 0.201. The largest absolute Gasteiger partial charge is 0.382 e. The standard InChI is InChI=1S/C19H18FN5OS/c1-27-14-5-7-17(24-11-14)19(26)25-13-4-6-15(20)12(9-13)10-23-16-3-2-8-22-18(16)21/h2-9,11,23H,10H2,1H3,(H2,21,22)(H,25,26). The molecule has 0 atom stereocenters. The molecule has 1 aromatic carbocycles. The van der Waals surface area contributed by atoms with Gasteiger partial charge in [0.25, 0.3) is 5.91 Å². The van der Waals surface area contributed by atoms with Crippen LogP contribution in [0.15, 0.2) is 59.8 Å². The molecule has 0 unspecified atom stereocenters. The monoisotopic (exact) mass is 383 g/mol. The lowest BCUT2D eigenvalue weighted by molar-refractivity contribution is 0.102. The molecule has 2 aromatic heterocycles. The number of anilines is 3. The van der Waals surface area contributed by atoms with Crippen molar-refractivity contribution >= 4 is 34.9 Å². The van der Waals surface area contributed by atoms with Crippen LogP contribution in [0.4, 0.5) is 21.6 Å². The summed E-state index contributed by atoms with van der Waals surface area (Å²) in [4.78, 5) is 21.4. The van der Waals surface area contributed by atoms with E-state index in [2.05, 4.69) is 20.6 Å². The van der Waals surface area contributed by atoms with Crippen molar-refractivity contribution in [3.05, 3.63) is 71.9 Å². The van der Waals surface area contributed by atoms with Crippen LogP contribution in [0, 0.1) is 5.82 Å². The summed E-state index contributed by atoms with van der Waals surface area (Å²) in [5.74, 6) is -0.405. The van der Waals surface area contributed by atoms with Crippen molar-refractivity contribution in [1.29, 1.82) is 0 Å². The van der Waals surface area contributed by atoms with Crippen LogP contribution in [-0.4, -0.2) is 22.1 Å². The van der Waals surface area contributed by atoms with E-state index in [1.807, 2.05) is 12.3 Å². The number of halogens is 1. The van der Waals surface area contributed by atoms with Crippen LogP contribution in [0.3, 0.4) is 0 Å². The average Bonchev–Trinajstić information content (AvgIpc) is 2.69. The van der Waals surface area contributed by atoms with Crippen molar-refractivity contribution in [2.24, 2.45) is 0 Å². The van der Waals surface area contributed by atoms with Gasteiger partial charge in [0.05, 0.1) is 5.69 Å². The third-order valence-electron chi connectivity index (χ3n) is 3.82. The number of thioether (sulfide) groups is 1. The first-order valence-corrected chi connectivity index (χ1v) is 9.33. The minimum absolute atomic E-state index is 0.201. The number of benzene rings is 1. The number of amides is 1. The Kier molecular flexibility index (Phi) is 5.87. The summed E-state index contributed by atoms with van der Waals surface area (Å²) in [6, 6.07) is 11.4. The highest BCUT2D eigenvalue weighted by atomic mass is 32.2. The van der Waals surface area contributed by atoms with Crippen molar-refractivity contribution in [1.82, 2.24) is 9.97 Å². The fourth-order valence-corrected chi connectivity index (χ4v) is 2.74. The van der Waals surface area contributed by atoms with Crippen LogP contribution in [0.25, 0.3) is 0 Å². The molecule has 3 rings (SSSR count). The Morgan fingerprint density at radius 3 is 2.78 bits per heavy atom. The normalized spacial score (nSPS) is 10.4. The molecule has 27 heavy (non-hydrogen) atoms. The topological polar surface area (TPSA) is 92.9 Å². The molecule has 138 valence electrons. The van der Waals surface area contributed by atoms with Gasteiger partial charge in [-0.2, -0.15) is 0 Å². The second-order valence-electron chi connectivity index (χ2n) is 5.63. The molecule has 0 bridgehead atoms. The zero-order valence-corrected chi connectivity index (χ0v) is 15.4. The summed E-state index contributed by atoms with van der Waals surface area (Å²) in [5.41, 5.74) is 7.55. The third-order valence-corrected chi connectivity index (χ3v) is 4.53. The highest BCUT2D eigenvalue weighted by Gasteiger charge is 2.10. The molecule has 6 nitrogen and oxygen atoms in total. The van der Waals surface area contributed by atoms with Crippen LogP contribution < -0.4 is 16.4 Å². The first-order valence-electron chi connectivity index (χ1n) is 8.11. The van der Waals surface area contributed by atoms with E-state index in [9.17, 15) is 9.18 Å². The molecular formula is C19H18FN5OS. The lowest BCUT2D eigenvalue weighted by Crippen LogP contribution is -2.14. The van der Waals surface area contributed by atoms with Gasteiger partial charge in [-0.15, -0.1) is 11.8 Å². The predicted molar refractivity (Wildman–Crippen MR) is 106 cm³/mol. The number of nitrogen functional groups attached to an aromatic ring is 1. The van der Waals surface area contributed by atoms with Gasteiger partial charge in [-0.3, -0.25) is 4.79 Å². The highest BCUT2D eigenvalue weighted by molar-refractivity contribution is 7.98. The molecule has 8 heteroatoms. The minimum Gasteiger partial charge on any atom is -0.382 e. The Morgan fingerprint density at radius 1 is 1.22 bits per heavy atom. The van der Waals surface area contributed by atoms with E-state index in [0.717, 1.165) is 4.90 Å². The van der Waals surface area contributed by atoms with Gasteiger partial charge in [0.15, 0.2) is 0 Å². The molecule has 3 aromatic rings. The molecule has 0 saturated heterocycles. The van der Waals surface area contributed by atoms with Gasteiger partial charge in [-0.05, 0) is 48.7 Å². The molecule has 0 fully saturated rings. The quantitative estimate of drug-likeness (QED) is 0.561. The number of nitrogens with one attached hydrogen (secondary N) is 2. The number of carbonyl (C=O) groups excluding carboxylic acids is 1. The lowest BCUT2D eigenvalue weighted by atomic mass is 10.1. The number of carbonyl (C=O) groups is 1. The molecule has 2 heterocycles. The van der Waals surface area contributed by atoms with Crippen LogP contribution in [-0.2, 0) is 6.54 Å². The molecular weight excluding hydrogens is 365 g/mol. The zero-order valence-electron chi connectivity index (χ0n) is 14.6. The van der Waals surface area contributed by atoms with Crippen LogP contribution in [0.2, 0.25) is 0 Å². The van der Waals surface area contributed by atoms with E-state index in [-0.39, 0.29) is 18.3 Å². The molecule has 1 amide bonds. The number of nitrogens with zero attached hydrogens (tertiary/aromatic N) is 2. The van der Waals surface area contributed by atoms with E-state index in [4.69, 9.17) is 5.73 Å². The smallest absolute Gasteiger partial charge is 0.274 e. The van der Waals surface area contributed by atoms with Crippen molar-refractivity contribution in [3.8, 4) is 0 Å². The van der Waals surface area contributed by atoms with E-state index >= 15 is 0 Å². The molecule has 0 aliphatic rings. The summed E-state index contributed by atoms with van der Waals surface area (Å²) in [5, 5.41) is 5.77. The maximum atomic E-state index is 14.1. The van der Waals surface area contributed by atoms with Crippen LogP contribution in [0.1, 0.15) is 16.1 Å². The summed E-state index contributed by atoms with van der Waals surface area (Å²) in [7, 11) is 0. The fraction of sp³-hybridized carbons (Fsp3) is 0.105. The Morgan fingerprint density at radius 2 is 2.07 bits per heavy atom. The van der Waals surface area contributed by atoms with Crippen molar-refractivity contribution in [3.63, 3.8) is 0 Å². The first-order chi connectivity index (χ1) is 13.1. The second-order valence-corrected chi connectivity index (χ2v) is 6.51. The van der Waals surface area contributed by atoms with Crippen molar-refractivity contribution in [2.75, 3.05) is 22.6 Å². The van der Waals surface area contributed by atoms with Crippen LogP contribution >= 0.6 is 11.8 Å². The SMILES string of the molecule is CSc1ccc(C(=O)Nc2ccc(F)c(CNc3cccnc3N)c2)nc1. The highest BCUT2D eigenvalue weighted by Crippen LogP contribution is 2.20. The number of rotatable bonds is 6. The van der Waals surface area contributed by atoms with Gasteiger partial charge in [0.2, 0.25) is 0 Å². The fourth-order valence-electron chi connectivity index (χ4n) is 2.38. The van der Waals surface area contributed by atoms with Crippen molar-refractivity contribution < 1.29 is 9.18 Å². The summed E-state index contributed by atoms with van der Waals surface area (Å²) in [6.07, 6.45) is 5.15. The Labute approximate surface area is 160 Å². The minimum atomic E-state index is -0.384. The Hall–Kier alpha value is -3.13. The number of pyridine rings is 2. The van der Waals surface area contributed by atoms with Gasteiger partial charge < -0.3 is 16.4 Å². The number of nitrogens with two attached hydrogens (primary N) is 1. The molecule has 0 spiro atoms. The van der Waals surface area contributed by atoms with E-state index in [1.54, 1.807) is 48.4 Å². The Balaban J connectivity index is 1.70. The molecule has 0 radical (unpaired) electrons. The maximum Gasteiger partial charge on any atom is 0.274 e. The second kappa shape index (κ2) is 8.50. The molecule has 0 aliphatic carbocycles. The lowest BCUT2D eigenvalue weighted by Gasteiger charge is -2.11. The van der Waals surface area contributed by atoms with Gasteiger partial charge in [0.1, 0.15) is 17.3 Å². The van der Waals surface area contributed by atoms with Gasteiger partial charge in [0, 0.05) is 35.1 Å². The third kappa shape index (κ3) is 4.73. The summed E-state index contributed by atoms with van der Waals surface area (Å²) >= 11 is 1.55. The van der Waals surface area contributed by atoms with Gasteiger partial charge in [-0.25, -0.2) is 14.4 Å². The van der Waals surface area contributed by atoms with Gasteiger partial charge in [-0.1, -0.05) is 0 Å². The zero-order chi connectivity index (χ0) is 19.2. The number of hydrogen-bond acceptors (Lipinski definition) is 6. The van der Waals surface area contributed by atoms with E-state index in [0.29, 0.717) is 28.5 Å². The maximum absolute atomic E-state index is 14.1. The first kappa shape index (κ1) is 18.7. The summed E-state index contributed by atoms with van der Waals surface area (Å²) < 4.78 is 14.1. The molecule has 4 N–H and O–H groups in total. The predicted octanol–water partition coefficient (Wildman–Crippen LogP) is 3.78. The van der Waals surface area contributed by atoms with Crippen molar-refractivity contribution in [2.45, 2.75) is 11.4 Å². The average molecular weight is 383 g/mol.